The molecule has 0 atom stereocenters. The van der Waals surface area contributed by atoms with Crippen molar-refractivity contribution in [2.24, 2.45) is 0 Å². The van der Waals surface area contributed by atoms with E-state index in [0.717, 1.165) is 16.7 Å². The van der Waals surface area contributed by atoms with Crippen molar-refractivity contribution in [2.45, 2.75) is 31.5 Å². The highest BCUT2D eigenvalue weighted by atomic mass is 16.5. The van der Waals surface area contributed by atoms with Gasteiger partial charge in [0.15, 0.2) is 0 Å². The topological polar surface area (TPSA) is 49.8 Å². The van der Waals surface area contributed by atoms with Crippen LogP contribution >= 0.6 is 0 Å². The molecule has 0 aromatic heterocycles. The first-order valence-corrected chi connectivity index (χ1v) is 8.73. The van der Waals surface area contributed by atoms with E-state index in [0.29, 0.717) is 39.0 Å². The molecule has 1 N–H and O–H groups in total. The van der Waals surface area contributed by atoms with Crippen molar-refractivity contribution in [1.82, 2.24) is 4.90 Å². The molecule has 1 aliphatic heterocycles. The minimum Gasteiger partial charge on any atom is -0.385 e. The zero-order valence-corrected chi connectivity index (χ0v) is 14.6. The summed E-state index contributed by atoms with van der Waals surface area (Å²) in [6.45, 7) is 1.72. The number of ether oxygens (including phenoxy) is 1. The van der Waals surface area contributed by atoms with E-state index in [9.17, 15) is 9.90 Å². The van der Waals surface area contributed by atoms with Crippen molar-refractivity contribution in [1.29, 1.82) is 0 Å². The number of carbonyl (C=O) groups is 1. The van der Waals surface area contributed by atoms with Gasteiger partial charge in [0, 0.05) is 20.2 Å². The van der Waals surface area contributed by atoms with Crippen LogP contribution in [0.1, 0.15) is 29.5 Å². The summed E-state index contributed by atoms with van der Waals surface area (Å²) in [5.74, 6) is 0.115. The lowest BCUT2D eigenvalue weighted by molar-refractivity contribution is -0.135. The number of amides is 1. The van der Waals surface area contributed by atoms with Crippen molar-refractivity contribution < 1.29 is 14.6 Å². The summed E-state index contributed by atoms with van der Waals surface area (Å²) < 4.78 is 5.15. The zero-order valence-electron chi connectivity index (χ0n) is 14.6. The summed E-state index contributed by atoms with van der Waals surface area (Å²) in [7, 11) is 1.67. The average Bonchev–Trinajstić information content (AvgIpc) is 2.63. The van der Waals surface area contributed by atoms with Crippen molar-refractivity contribution in [3.8, 4) is 0 Å². The van der Waals surface area contributed by atoms with Gasteiger partial charge in [0.2, 0.25) is 5.91 Å². The number of methoxy groups -OCH3 is 1. The molecule has 1 saturated heterocycles. The molecule has 1 heterocycles. The Morgan fingerprint density at radius 3 is 2.44 bits per heavy atom. The molecule has 2 aromatic rings. The smallest absolute Gasteiger partial charge is 0.226 e. The molecule has 25 heavy (non-hydrogen) atoms. The second-order valence-corrected chi connectivity index (χ2v) is 6.71. The quantitative estimate of drug-likeness (QED) is 0.911. The molecule has 1 aliphatic rings. The molecule has 132 valence electrons. The Morgan fingerprint density at radius 2 is 1.76 bits per heavy atom. The van der Waals surface area contributed by atoms with Gasteiger partial charge >= 0.3 is 0 Å². The molecule has 0 aliphatic carbocycles. The van der Waals surface area contributed by atoms with Crippen molar-refractivity contribution in [3.63, 3.8) is 0 Å². The molecule has 1 fully saturated rings. The summed E-state index contributed by atoms with van der Waals surface area (Å²) in [5, 5.41) is 10.9. The number of likely N-dealkylation sites (tertiary alicyclic amines) is 1. The molecule has 0 bridgehead atoms. The number of hydrogen-bond acceptors (Lipinski definition) is 3. The van der Waals surface area contributed by atoms with E-state index in [1.807, 2.05) is 59.5 Å². The van der Waals surface area contributed by atoms with Gasteiger partial charge in [-0.25, -0.2) is 0 Å². The maximum absolute atomic E-state index is 12.6. The number of aliphatic hydroxyl groups is 1. The first-order chi connectivity index (χ1) is 12.1. The van der Waals surface area contributed by atoms with E-state index in [2.05, 4.69) is 0 Å². The van der Waals surface area contributed by atoms with Crippen LogP contribution in [0.5, 0.6) is 0 Å². The van der Waals surface area contributed by atoms with Crippen LogP contribution < -0.4 is 0 Å². The van der Waals surface area contributed by atoms with Crippen LogP contribution in [0.25, 0.3) is 0 Å². The Hall–Kier alpha value is -2.17. The molecule has 0 unspecified atom stereocenters. The van der Waals surface area contributed by atoms with E-state index in [1.54, 1.807) is 7.11 Å². The highest BCUT2D eigenvalue weighted by Crippen LogP contribution is 2.32. The summed E-state index contributed by atoms with van der Waals surface area (Å²) in [5.41, 5.74) is 2.19. The van der Waals surface area contributed by atoms with Crippen LogP contribution in [0, 0.1) is 0 Å². The third kappa shape index (κ3) is 4.27. The number of rotatable bonds is 5. The summed E-state index contributed by atoms with van der Waals surface area (Å²) in [6, 6.07) is 17.7. The Kier molecular flexibility index (Phi) is 5.51. The minimum atomic E-state index is -0.823. The van der Waals surface area contributed by atoms with Crippen LogP contribution in [0.4, 0.5) is 0 Å². The molecule has 4 heteroatoms. The number of piperidine rings is 1. The van der Waals surface area contributed by atoms with Crippen molar-refractivity contribution >= 4 is 5.91 Å². The summed E-state index contributed by atoms with van der Waals surface area (Å²) in [4.78, 5) is 14.5. The zero-order chi connectivity index (χ0) is 17.7. The molecule has 1 amide bonds. The van der Waals surface area contributed by atoms with Gasteiger partial charge in [-0.05, 0) is 29.5 Å². The molecule has 3 rings (SSSR count). The fraction of sp³-hybridized carbons (Fsp3) is 0.381. The third-order valence-corrected chi connectivity index (χ3v) is 4.91. The van der Waals surface area contributed by atoms with E-state index >= 15 is 0 Å². The number of hydrogen-bond donors (Lipinski definition) is 1. The van der Waals surface area contributed by atoms with Gasteiger partial charge in [-0.3, -0.25) is 4.79 Å². The normalized spacial score (nSPS) is 16.6. The Bertz CT molecular complexity index is 706. The second kappa shape index (κ2) is 7.81. The predicted octanol–water partition coefficient (Wildman–Crippen LogP) is 2.89. The minimum absolute atomic E-state index is 0.115. The molecule has 0 saturated carbocycles. The molecule has 2 aromatic carbocycles. The standard InChI is InChI=1S/C21H25NO3/c1-25-16-18-7-5-6-17(14-18)15-20(23)22-12-10-21(24,11-13-22)19-8-3-2-4-9-19/h2-9,14,24H,10-13,15-16H2,1H3. The van der Waals surface area contributed by atoms with Gasteiger partial charge in [0.05, 0.1) is 18.6 Å². The summed E-state index contributed by atoms with van der Waals surface area (Å²) in [6.07, 6.45) is 1.54. The highest BCUT2D eigenvalue weighted by molar-refractivity contribution is 5.79. The highest BCUT2D eigenvalue weighted by Gasteiger charge is 2.35. The van der Waals surface area contributed by atoms with Gasteiger partial charge in [-0.15, -0.1) is 0 Å². The lowest BCUT2D eigenvalue weighted by Crippen LogP contribution is -2.45. The number of carbonyl (C=O) groups excluding carboxylic acids is 1. The van der Waals surface area contributed by atoms with Crippen LogP contribution in [0.2, 0.25) is 0 Å². The lowest BCUT2D eigenvalue weighted by Gasteiger charge is -2.38. The van der Waals surface area contributed by atoms with Crippen LogP contribution in [-0.4, -0.2) is 36.1 Å². The first kappa shape index (κ1) is 17.6. The van der Waals surface area contributed by atoms with E-state index in [-0.39, 0.29) is 5.91 Å². The second-order valence-electron chi connectivity index (χ2n) is 6.71. The van der Waals surface area contributed by atoms with Gasteiger partial charge in [0.25, 0.3) is 0 Å². The van der Waals surface area contributed by atoms with E-state index < -0.39 is 5.60 Å². The van der Waals surface area contributed by atoms with Crippen LogP contribution in [0.15, 0.2) is 54.6 Å². The monoisotopic (exact) mass is 339 g/mol. The van der Waals surface area contributed by atoms with Gasteiger partial charge in [0.1, 0.15) is 0 Å². The number of benzene rings is 2. The first-order valence-electron chi connectivity index (χ1n) is 8.73. The van der Waals surface area contributed by atoms with E-state index in [4.69, 9.17) is 4.74 Å². The van der Waals surface area contributed by atoms with Gasteiger partial charge in [-0.1, -0.05) is 54.6 Å². The predicted molar refractivity (Wildman–Crippen MR) is 97.0 cm³/mol. The van der Waals surface area contributed by atoms with E-state index in [1.165, 1.54) is 0 Å². The Labute approximate surface area is 149 Å². The fourth-order valence-corrected chi connectivity index (χ4v) is 3.45. The van der Waals surface area contributed by atoms with Crippen molar-refractivity contribution in [2.75, 3.05) is 20.2 Å². The largest absolute Gasteiger partial charge is 0.385 e. The lowest BCUT2D eigenvalue weighted by atomic mass is 9.84. The molecular formula is C21H25NO3. The molecule has 0 radical (unpaired) electrons. The maximum Gasteiger partial charge on any atom is 0.226 e. The maximum atomic E-state index is 12.6. The Balaban J connectivity index is 1.59. The molecule has 0 spiro atoms. The molecule has 4 nitrogen and oxygen atoms in total. The summed E-state index contributed by atoms with van der Waals surface area (Å²) >= 11 is 0. The third-order valence-electron chi connectivity index (χ3n) is 4.91. The van der Waals surface area contributed by atoms with Gasteiger partial charge < -0.3 is 14.7 Å². The molecular weight excluding hydrogens is 314 g/mol. The van der Waals surface area contributed by atoms with Crippen molar-refractivity contribution in [3.05, 3.63) is 71.3 Å². The Morgan fingerprint density at radius 1 is 1.08 bits per heavy atom. The average molecular weight is 339 g/mol. The number of nitrogens with zero attached hydrogens (tertiary/aromatic N) is 1. The SMILES string of the molecule is COCc1cccc(CC(=O)N2CCC(O)(c3ccccc3)CC2)c1. The van der Waals surface area contributed by atoms with Gasteiger partial charge in [-0.2, -0.15) is 0 Å². The van der Waals surface area contributed by atoms with Crippen LogP contribution in [0.3, 0.4) is 0 Å². The fourth-order valence-electron chi connectivity index (χ4n) is 3.45. The van der Waals surface area contributed by atoms with Crippen LogP contribution in [-0.2, 0) is 28.2 Å².